The van der Waals surface area contributed by atoms with E-state index >= 15 is 0 Å². The summed E-state index contributed by atoms with van der Waals surface area (Å²) in [5.41, 5.74) is 3.25. The number of aryl methyl sites for hydroxylation is 1. The van der Waals surface area contributed by atoms with Crippen molar-refractivity contribution in [3.05, 3.63) is 35.4 Å². The van der Waals surface area contributed by atoms with Crippen molar-refractivity contribution in [2.24, 2.45) is 11.3 Å². The average Bonchev–Trinajstić information content (AvgIpc) is 2.45. The van der Waals surface area contributed by atoms with Gasteiger partial charge in [-0.05, 0) is 75.4 Å². The third kappa shape index (κ3) is 2.80. The molecule has 4 rings (SSSR count). The summed E-state index contributed by atoms with van der Waals surface area (Å²) in [5.74, 6) is 0.0854. The smallest absolute Gasteiger partial charge is 0.306 e. The summed E-state index contributed by atoms with van der Waals surface area (Å²) in [6.07, 6.45) is 6.88. The molecule has 0 unspecified atom stereocenters. The average molecular weight is 313 g/mol. The van der Waals surface area contributed by atoms with Crippen molar-refractivity contribution in [3.8, 4) is 0 Å². The SMILES string of the molecule is Cc1ccc(C2CCN(C3CC4(CC(C(=O)O)C4)C3)CC2)cc1. The Kier molecular flexibility index (Phi) is 3.72. The van der Waals surface area contributed by atoms with E-state index in [0.29, 0.717) is 5.41 Å². The van der Waals surface area contributed by atoms with Crippen LogP contribution >= 0.6 is 0 Å². The van der Waals surface area contributed by atoms with Gasteiger partial charge in [-0.3, -0.25) is 4.79 Å². The number of rotatable bonds is 3. The van der Waals surface area contributed by atoms with E-state index in [0.717, 1.165) is 24.8 Å². The summed E-state index contributed by atoms with van der Waals surface area (Å²) in [6, 6.07) is 9.78. The molecular weight excluding hydrogens is 286 g/mol. The Bertz CT molecular complexity index is 572. The molecule has 23 heavy (non-hydrogen) atoms. The number of carboxylic acid groups (broad SMARTS) is 1. The minimum absolute atomic E-state index is 0.0526. The number of benzene rings is 1. The maximum atomic E-state index is 11.0. The highest BCUT2D eigenvalue weighted by Crippen LogP contribution is 2.60. The second-order valence-electron chi connectivity index (χ2n) is 8.23. The highest BCUT2D eigenvalue weighted by molar-refractivity contribution is 5.71. The molecule has 0 radical (unpaired) electrons. The molecule has 3 nitrogen and oxygen atoms in total. The molecule has 1 aliphatic heterocycles. The van der Waals surface area contributed by atoms with E-state index in [-0.39, 0.29) is 5.92 Å². The largest absolute Gasteiger partial charge is 0.481 e. The fourth-order valence-corrected chi connectivity index (χ4v) is 5.13. The van der Waals surface area contributed by atoms with Crippen LogP contribution in [0.25, 0.3) is 0 Å². The zero-order valence-corrected chi connectivity index (χ0v) is 14.0. The Morgan fingerprint density at radius 1 is 1.09 bits per heavy atom. The number of carboxylic acids is 1. The molecule has 124 valence electrons. The molecule has 2 saturated carbocycles. The molecule has 3 fully saturated rings. The number of likely N-dealkylation sites (tertiary alicyclic amines) is 1. The fourth-order valence-electron chi connectivity index (χ4n) is 5.13. The van der Waals surface area contributed by atoms with Crippen LogP contribution in [0.3, 0.4) is 0 Å². The van der Waals surface area contributed by atoms with E-state index in [2.05, 4.69) is 36.1 Å². The summed E-state index contributed by atoms with van der Waals surface area (Å²) in [6.45, 7) is 4.57. The second kappa shape index (κ2) is 5.62. The van der Waals surface area contributed by atoms with Crippen molar-refractivity contribution in [2.75, 3.05) is 13.1 Å². The fraction of sp³-hybridized carbons (Fsp3) is 0.650. The number of piperidine rings is 1. The lowest BCUT2D eigenvalue weighted by Crippen LogP contribution is -2.58. The van der Waals surface area contributed by atoms with E-state index < -0.39 is 5.97 Å². The molecule has 0 amide bonds. The van der Waals surface area contributed by atoms with Gasteiger partial charge < -0.3 is 10.0 Å². The molecule has 0 aromatic heterocycles. The normalized spacial score (nSPS) is 34.8. The molecule has 0 atom stereocenters. The molecule has 1 heterocycles. The summed E-state index contributed by atoms with van der Waals surface area (Å²) < 4.78 is 0. The summed E-state index contributed by atoms with van der Waals surface area (Å²) in [7, 11) is 0. The predicted molar refractivity (Wildman–Crippen MR) is 90.5 cm³/mol. The van der Waals surface area contributed by atoms with Gasteiger partial charge in [0.15, 0.2) is 0 Å². The molecule has 1 N–H and O–H groups in total. The summed E-state index contributed by atoms with van der Waals surface area (Å²) in [5, 5.41) is 9.04. The zero-order valence-electron chi connectivity index (χ0n) is 14.0. The number of hydrogen-bond donors (Lipinski definition) is 1. The van der Waals surface area contributed by atoms with E-state index in [1.807, 2.05) is 0 Å². The summed E-state index contributed by atoms with van der Waals surface area (Å²) in [4.78, 5) is 13.6. The zero-order chi connectivity index (χ0) is 16.0. The van der Waals surface area contributed by atoms with Crippen molar-refractivity contribution in [3.63, 3.8) is 0 Å². The molecule has 1 spiro atoms. The van der Waals surface area contributed by atoms with Crippen LogP contribution in [0.15, 0.2) is 24.3 Å². The van der Waals surface area contributed by atoms with Crippen LogP contribution in [0.5, 0.6) is 0 Å². The van der Waals surface area contributed by atoms with Gasteiger partial charge in [-0.15, -0.1) is 0 Å². The topological polar surface area (TPSA) is 40.5 Å². The first-order chi connectivity index (χ1) is 11.0. The van der Waals surface area contributed by atoms with Gasteiger partial charge in [0.1, 0.15) is 0 Å². The van der Waals surface area contributed by atoms with Crippen molar-refractivity contribution in [1.29, 1.82) is 0 Å². The van der Waals surface area contributed by atoms with Gasteiger partial charge in [0, 0.05) is 6.04 Å². The van der Waals surface area contributed by atoms with Crippen molar-refractivity contribution in [2.45, 2.75) is 57.4 Å². The first-order valence-electron chi connectivity index (χ1n) is 9.08. The highest BCUT2D eigenvalue weighted by atomic mass is 16.4. The van der Waals surface area contributed by atoms with Crippen molar-refractivity contribution >= 4 is 5.97 Å². The van der Waals surface area contributed by atoms with E-state index in [1.165, 1.54) is 49.9 Å². The Labute approximate surface area is 138 Å². The molecule has 3 heteroatoms. The third-order valence-electron chi connectivity index (χ3n) is 6.64. The van der Waals surface area contributed by atoms with E-state index in [1.54, 1.807) is 0 Å². The lowest BCUT2D eigenvalue weighted by Gasteiger charge is -2.59. The molecule has 1 saturated heterocycles. The van der Waals surface area contributed by atoms with Gasteiger partial charge >= 0.3 is 5.97 Å². The summed E-state index contributed by atoms with van der Waals surface area (Å²) >= 11 is 0. The third-order valence-corrected chi connectivity index (χ3v) is 6.64. The molecule has 1 aromatic carbocycles. The molecular formula is C20H27NO2. The van der Waals surface area contributed by atoms with Crippen LogP contribution in [-0.4, -0.2) is 35.1 Å². The van der Waals surface area contributed by atoms with Gasteiger partial charge in [0.25, 0.3) is 0 Å². The van der Waals surface area contributed by atoms with Crippen LogP contribution in [0.2, 0.25) is 0 Å². The van der Waals surface area contributed by atoms with Gasteiger partial charge in [0.05, 0.1) is 5.92 Å². The van der Waals surface area contributed by atoms with Crippen molar-refractivity contribution < 1.29 is 9.90 Å². The molecule has 0 bridgehead atoms. The van der Waals surface area contributed by atoms with E-state index in [9.17, 15) is 4.79 Å². The standard InChI is InChI=1S/C20H27NO2/c1-14-2-4-15(5-3-14)16-6-8-21(9-7-16)18-12-20(13-18)10-17(11-20)19(22)23/h2-5,16-18H,6-13H2,1H3,(H,22,23). The maximum Gasteiger partial charge on any atom is 0.306 e. The Morgan fingerprint density at radius 2 is 1.70 bits per heavy atom. The maximum absolute atomic E-state index is 11.0. The highest BCUT2D eigenvalue weighted by Gasteiger charge is 2.56. The van der Waals surface area contributed by atoms with Crippen LogP contribution in [0.1, 0.15) is 55.6 Å². The number of nitrogens with zero attached hydrogens (tertiary/aromatic N) is 1. The van der Waals surface area contributed by atoms with Crippen LogP contribution in [0.4, 0.5) is 0 Å². The lowest BCUT2D eigenvalue weighted by atomic mass is 9.49. The minimum atomic E-state index is -0.585. The van der Waals surface area contributed by atoms with Gasteiger partial charge in [-0.25, -0.2) is 0 Å². The number of carbonyl (C=O) groups is 1. The molecule has 3 aliphatic rings. The van der Waals surface area contributed by atoms with Crippen LogP contribution < -0.4 is 0 Å². The number of hydrogen-bond acceptors (Lipinski definition) is 2. The van der Waals surface area contributed by atoms with Gasteiger partial charge in [-0.1, -0.05) is 29.8 Å². The lowest BCUT2D eigenvalue weighted by molar-refractivity contribution is -0.160. The first kappa shape index (κ1) is 15.2. The Balaban J connectivity index is 1.25. The molecule has 2 aliphatic carbocycles. The van der Waals surface area contributed by atoms with Crippen LogP contribution in [-0.2, 0) is 4.79 Å². The van der Waals surface area contributed by atoms with Crippen LogP contribution in [0, 0.1) is 18.3 Å². The first-order valence-corrected chi connectivity index (χ1v) is 9.08. The van der Waals surface area contributed by atoms with Gasteiger partial charge in [-0.2, -0.15) is 0 Å². The van der Waals surface area contributed by atoms with Crippen molar-refractivity contribution in [1.82, 2.24) is 4.90 Å². The Hall–Kier alpha value is -1.35. The predicted octanol–water partition coefficient (Wildman–Crippen LogP) is 3.82. The molecule has 1 aromatic rings. The monoisotopic (exact) mass is 313 g/mol. The second-order valence-corrected chi connectivity index (χ2v) is 8.23. The number of aliphatic carboxylic acids is 1. The van der Waals surface area contributed by atoms with Gasteiger partial charge in [0.2, 0.25) is 0 Å². The minimum Gasteiger partial charge on any atom is -0.481 e. The van der Waals surface area contributed by atoms with E-state index in [4.69, 9.17) is 5.11 Å². The quantitative estimate of drug-likeness (QED) is 0.922. The Morgan fingerprint density at radius 3 is 2.26 bits per heavy atom.